The van der Waals surface area contributed by atoms with Gasteiger partial charge in [-0.1, -0.05) is 0 Å². The summed E-state index contributed by atoms with van der Waals surface area (Å²) in [5.41, 5.74) is 1.52. The summed E-state index contributed by atoms with van der Waals surface area (Å²) in [6.07, 6.45) is 8.35. The first-order chi connectivity index (χ1) is 14.2. The molecule has 29 heavy (non-hydrogen) atoms. The predicted molar refractivity (Wildman–Crippen MR) is 107 cm³/mol. The monoisotopic (exact) mass is 390 g/mol. The van der Waals surface area contributed by atoms with Gasteiger partial charge in [-0.05, 0) is 49.2 Å². The minimum absolute atomic E-state index is 0.0271. The Morgan fingerprint density at radius 3 is 2.45 bits per heavy atom. The molecular formula is C22H22N4O3. The minimum atomic E-state index is 0.0271. The van der Waals surface area contributed by atoms with E-state index in [0.717, 1.165) is 24.3 Å². The molecule has 3 heterocycles. The second-order valence-corrected chi connectivity index (χ2v) is 6.87. The molecule has 0 atom stereocenters. The molecule has 2 aromatic heterocycles. The van der Waals surface area contributed by atoms with Gasteiger partial charge in [-0.2, -0.15) is 0 Å². The standard InChI is InChI=1S/C22H22N4O3/c1-28-18-4-6-19(7-5-18)29-21-15-24-14-20(25-21)16-8-11-26(12-9-16)22(27)17-3-2-10-23-13-17/h2-7,10,13-16H,8-9,11-12H2,1H3. The van der Waals surface area contributed by atoms with Gasteiger partial charge in [0.15, 0.2) is 0 Å². The number of hydrogen-bond donors (Lipinski definition) is 0. The Labute approximate surface area is 169 Å². The third-order valence-corrected chi connectivity index (χ3v) is 5.02. The molecule has 0 aliphatic carbocycles. The zero-order chi connectivity index (χ0) is 20.1. The SMILES string of the molecule is COc1ccc(Oc2cncc(C3CCN(C(=O)c4cccnc4)CC3)n2)cc1. The van der Waals surface area contributed by atoms with Crippen molar-refractivity contribution in [3.05, 3.63) is 72.4 Å². The van der Waals surface area contributed by atoms with Crippen LogP contribution in [0.25, 0.3) is 0 Å². The molecular weight excluding hydrogens is 368 g/mol. The van der Waals surface area contributed by atoms with Crippen LogP contribution in [0.2, 0.25) is 0 Å². The molecule has 4 rings (SSSR count). The Balaban J connectivity index is 1.38. The third-order valence-electron chi connectivity index (χ3n) is 5.02. The number of benzene rings is 1. The van der Waals surface area contributed by atoms with Crippen LogP contribution in [0.3, 0.4) is 0 Å². The number of carbonyl (C=O) groups excluding carboxylic acids is 1. The Morgan fingerprint density at radius 2 is 1.76 bits per heavy atom. The number of piperidine rings is 1. The Morgan fingerprint density at radius 1 is 1.00 bits per heavy atom. The highest BCUT2D eigenvalue weighted by atomic mass is 16.5. The normalized spacial score (nSPS) is 14.4. The zero-order valence-corrected chi connectivity index (χ0v) is 16.2. The van der Waals surface area contributed by atoms with Crippen molar-refractivity contribution in [3.63, 3.8) is 0 Å². The zero-order valence-electron chi connectivity index (χ0n) is 16.2. The van der Waals surface area contributed by atoms with Gasteiger partial charge in [0, 0.05) is 37.6 Å². The van der Waals surface area contributed by atoms with Crippen LogP contribution in [-0.4, -0.2) is 46.0 Å². The van der Waals surface area contributed by atoms with Crippen LogP contribution in [0.5, 0.6) is 17.4 Å². The van der Waals surface area contributed by atoms with Crippen LogP contribution >= 0.6 is 0 Å². The fraction of sp³-hybridized carbons (Fsp3) is 0.273. The molecule has 148 valence electrons. The molecule has 1 aromatic carbocycles. The minimum Gasteiger partial charge on any atom is -0.497 e. The number of amides is 1. The van der Waals surface area contributed by atoms with Gasteiger partial charge >= 0.3 is 0 Å². The fourth-order valence-electron chi connectivity index (χ4n) is 3.42. The number of carbonyl (C=O) groups is 1. The summed E-state index contributed by atoms with van der Waals surface area (Å²) in [4.78, 5) is 27.4. The maximum atomic E-state index is 12.6. The molecule has 1 aliphatic rings. The van der Waals surface area contributed by atoms with Crippen LogP contribution in [0, 0.1) is 0 Å². The van der Waals surface area contributed by atoms with Gasteiger partial charge in [0.25, 0.3) is 5.91 Å². The van der Waals surface area contributed by atoms with E-state index < -0.39 is 0 Å². The summed E-state index contributed by atoms with van der Waals surface area (Å²) in [6, 6.07) is 10.9. The lowest BCUT2D eigenvalue weighted by molar-refractivity contribution is 0.0711. The van der Waals surface area contributed by atoms with Gasteiger partial charge in [0.1, 0.15) is 11.5 Å². The van der Waals surface area contributed by atoms with Crippen LogP contribution in [0.1, 0.15) is 34.8 Å². The smallest absolute Gasteiger partial charge is 0.255 e. The Kier molecular flexibility index (Phi) is 5.65. The van der Waals surface area contributed by atoms with E-state index in [1.54, 1.807) is 44.0 Å². The lowest BCUT2D eigenvalue weighted by Gasteiger charge is -2.31. The predicted octanol–water partition coefficient (Wildman–Crippen LogP) is 3.69. The molecule has 0 unspecified atom stereocenters. The van der Waals surface area contributed by atoms with E-state index in [1.807, 2.05) is 29.2 Å². The fourth-order valence-corrected chi connectivity index (χ4v) is 3.42. The number of likely N-dealkylation sites (tertiary alicyclic amines) is 1. The maximum absolute atomic E-state index is 12.6. The molecule has 1 amide bonds. The third kappa shape index (κ3) is 4.51. The first-order valence-corrected chi connectivity index (χ1v) is 9.56. The van der Waals surface area contributed by atoms with E-state index in [-0.39, 0.29) is 11.8 Å². The van der Waals surface area contributed by atoms with Crippen LogP contribution in [0.15, 0.2) is 61.2 Å². The molecule has 0 spiro atoms. The molecule has 1 fully saturated rings. The van der Waals surface area contributed by atoms with Gasteiger partial charge in [-0.25, -0.2) is 4.98 Å². The quantitative estimate of drug-likeness (QED) is 0.661. The largest absolute Gasteiger partial charge is 0.497 e. The highest BCUT2D eigenvalue weighted by Crippen LogP contribution is 2.29. The molecule has 7 heteroatoms. The lowest BCUT2D eigenvalue weighted by atomic mass is 9.93. The summed E-state index contributed by atoms with van der Waals surface area (Å²) in [6.45, 7) is 1.37. The molecule has 0 radical (unpaired) electrons. The first kappa shape index (κ1) is 18.9. The number of ether oxygens (including phenoxy) is 2. The molecule has 1 aliphatic heterocycles. The number of nitrogens with zero attached hydrogens (tertiary/aromatic N) is 4. The first-order valence-electron chi connectivity index (χ1n) is 9.56. The number of aromatic nitrogens is 3. The second-order valence-electron chi connectivity index (χ2n) is 6.87. The molecule has 1 saturated heterocycles. The molecule has 7 nitrogen and oxygen atoms in total. The van der Waals surface area contributed by atoms with Crippen LogP contribution in [0.4, 0.5) is 0 Å². The summed E-state index contributed by atoms with van der Waals surface area (Å²) in [7, 11) is 1.63. The van der Waals surface area contributed by atoms with Crippen molar-refractivity contribution >= 4 is 5.91 Å². The molecule has 3 aromatic rings. The van der Waals surface area contributed by atoms with E-state index in [0.29, 0.717) is 30.3 Å². The van der Waals surface area contributed by atoms with Gasteiger partial charge in [-0.15, -0.1) is 0 Å². The molecule has 0 bridgehead atoms. The van der Waals surface area contributed by atoms with Gasteiger partial charge in [0.2, 0.25) is 5.88 Å². The van der Waals surface area contributed by atoms with E-state index in [1.165, 1.54) is 0 Å². The van der Waals surface area contributed by atoms with Crippen LogP contribution < -0.4 is 9.47 Å². The summed E-state index contributed by atoms with van der Waals surface area (Å²) < 4.78 is 11.0. The van der Waals surface area contributed by atoms with Gasteiger partial charge in [-0.3, -0.25) is 14.8 Å². The van der Waals surface area contributed by atoms with Crippen molar-refractivity contribution in [1.29, 1.82) is 0 Å². The number of rotatable bonds is 5. The maximum Gasteiger partial charge on any atom is 0.255 e. The number of methoxy groups -OCH3 is 1. The van der Waals surface area contributed by atoms with Crippen molar-refractivity contribution in [2.75, 3.05) is 20.2 Å². The average molecular weight is 390 g/mol. The summed E-state index contributed by atoms with van der Waals surface area (Å²) in [5, 5.41) is 0. The van der Waals surface area contributed by atoms with E-state index in [2.05, 4.69) is 15.0 Å². The van der Waals surface area contributed by atoms with Crippen molar-refractivity contribution in [2.45, 2.75) is 18.8 Å². The van der Waals surface area contributed by atoms with Crippen molar-refractivity contribution < 1.29 is 14.3 Å². The topological polar surface area (TPSA) is 77.4 Å². The average Bonchev–Trinajstić information content (AvgIpc) is 2.80. The van der Waals surface area contributed by atoms with E-state index >= 15 is 0 Å². The number of pyridine rings is 1. The van der Waals surface area contributed by atoms with Crippen molar-refractivity contribution in [2.24, 2.45) is 0 Å². The highest BCUT2D eigenvalue weighted by molar-refractivity contribution is 5.93. The molecule has 0 N–H and O–H groups in total. The van der Waals surface area contributed by atoms with Gasteiger partial charge in [0.05, 0.1) is 24.6 Å². The Hall–Kier alpha value is -3.48. The van der Waals surface area contributed by atoms with Crippen molar-refractivity contribution in [3.8, 4) is 17.4 Å². The lowest BCUT2D eigenvalue weighted by Crippen LogP contribution is -2.38. The highest BCUT2D eigenvalue weighted by Gasteiger charge is 2.26. The van der Waals surface area contributed by atoms with Crippen molar-refractivity contribution in [1.82, 2.24) is 19.9 Å². The molecule has 0 saturated carbocycles. The summed E-state index contributed by atoms with van der Waals surface area (Å²) >= 11 is 0. The number of hydrogen-bond acceptors (Lipinski definition) is 6. The van der Waals surface area contributed by atoms with Gasteiger partial charge < -0.3 is 14.4 Å². The van der Waals surface area contributed by atoms with E-state index in [4.69, 9.17) is 9.47 Å². The van der Waals surface area contributed by atoms with Crippen LogP contribution in [-0.2, 0) is 0 Å². The Bertz CT molecular complexity index is 955. The second kappa shape index (κ2) is 8.68. The van der Waals surface area contributed by atoms with E-state index in [9.17, 15) is 4.79 Å². The summed E-state index contributed by atoms with van der Waals surface area (Å²) in [5.74, 6) is 2.18.